The zero-order valence-electron chi connectivity index (χ0n) is 16.0. The third-order valence-corrected chi connectivity index (χ3v) is 7.17. The minimum atomic E-state index is -3.59. The Morgan fingerprint density at radius 2 is 1.89 bits per heavy atom. The Hall–Kier alpha value is -1.64. The van der Waals surface area contributed by atoms with Crippen LogP contribution in [0, 0.1) is 11.8 Å². The van der Waals surface area contributed by atoms with Gasteiger partial charge in [0.2, 0.25) is 5.91 Å². The molecule has 2 fully saturated rings. The Balaban J connectivity index is 0.00000225. The van der Waals surface area contributed by atoms with Crippen molar-refractivity contribution in [1.29, 1.82) is 0 Å². The number of halogens is 1. The van der Waals surface area contributed by atoms with Crippen molar-refractivity contribution in [2.75, 3.05) is 39.8 Å². The highest BCUT2D eigenvalue weighted by Crippen LogP contribution is 2.30. The summed E-state index contributed by atoms with van der Waals surface area (Å²) in [6, 6.07) is 6.96. The minimum absolute atomic E-state index is 0. The van der Waals surface area contributed by atoms with E-state index in [4.69, 9.17) is 0 Å². The van der Waals surface area contributed by atoms with E-state index >= 15 is 0 Å². The van der Waals surface area contributed by atoms with Crippen LogP contribution in [0.25, 0.3) is 0 Å². The second kappa shape index (κ2) is 8.39. The molecule has 9 heteroatoms. The molecule has 0 spiro atoms. The summed E-state index contributed by atoms with van der Waals surface area (Å²) in [6.45, 7) is 3.97. The number of piperidine rings is 1. The number of rotatable bonds is 3. The molecule has 1 amide bonds. The van der Waals surface area contributed by atoms with Gasteiger partial charge in [-0.2, -0.15) is 8.42 Å². The molecule has 0 aliphatic carbocycles. The van der Waals surface area contributed by atoms with Crippen LogP contribution >= 0.6 is 12.4 Å². The third kappa shape index (κ3) is 3.90. The second-order valence-electron chi connectivity index (χ2n) is 7.64. The molecule has 154 valence electrons. The van der Waals surface area contributed by atoms with E-state index in [0.717, 1.165) is 38.9 Å². The molecule has 7 nitrogen and oxygen atoms in total. The fourth-order valence-corrected chi connectivity index (χ4v) is 5.63. The van der Waals surface area contributed by atoms with Gasteiger partial charge in [-0.1, -0.05) is 12.1 Å². The molecular weight excluding hydrogens is 400 g/mol. The maximum Gasteiger partial charge on any atom is 0.285 e. The van der Waals surface area contributed by atoms with Gasteiger partial charge in [0.25, 0.3) is 10.0 Å². The van der Waals surface area contributed by atoms with E-state index < -0.39 is 10.0 Å². The largest absolute Gasteiger partial charge is 0.355 e. The molecule has 28 heavy (non-hydrogen) atoms. The van der Waals surface area contributed by atoms with Crippen LogP contribution in [0.3, 0.4) is 0 Å². The lowest BCUT2D eigenvalue weighted by Gasteiger charge is -2.34. The summed E-state index contributed by atoms with van der Waals surface area (Å²) in [5.74, 6) is 1.37. The predicted molar refractivity (Wildman–Crippen MR) is 110 cm³/mol. The zero-order valence-corrected chi connectivity index (χ0v) is 17.6. The summed E-state index contributed by atoms with van der Waals surface area (Å²) in [4.78, 5) is 17.1. The van der Waals surface area contributed by atoms with Gasteiger partial charge in [-0.15, -0.1) is 16.8 Å². The number of amidine groups is 1. The van der Waals surface area contributed by atoms with Gasteiger partial charge in [0.1, 0.15) is 4.90 Å². The Morgan fingerprint density at radius 3 is 2.61 bits per heavy atom. The number of carbonyl (C=O) groups is 1. The number of benzene rings is 1. The quantitative estimate of drug-likeness (QED) is 0.788. The molecule has 3 aliphatic rings. The number of likely N-dealkylation sites (tertiary alicyclic amines) is 2. The lowest BCUT2D eigenvalue weighted by Crippen LogP contribution is -2.44. The molecule has 4 rings (SSSR count). The number of hydrogen-bond donors (Lipinski definition) is 1. The number of carbonyl (C=O) groups excluding carboxylic acids is 1. The first-order chi connectivity index (χ1) is 13.0. The summed E-state index contributed by atoms with van der Waals surface area (Å²) in [5.41, 5.74) is 0.678. The Labute approximate surface area is 172 Å². The second-order valence-corrected chi connectivity index (χ2v) is 9.22. The lowest BCUT2D eigenvalue weighted by molar-refractivity contribution is -0.135. The number of nitrogens with one attached hydrogen (secondary N) is 1. The van der Waals surface area contributed by atoms with Crippen LogP contribution in [0.5, 0.6) is 0 Å². The number of nitrogens with zero attached hydrogens (tertiary/aromatic N) is 3. The van der Waals surface area contributed by atoms with Gasteiger partial charge < -0.3 is 15.1 Å². The number of sulfonamides is 1. The molecule has 2 saturated heterocycles. The van der Waals surface area contributed by atoms with E-state index in [2.05, 4.69) is 9.71 Å². The SMILES string of the molecule is CNCC1CCN(C(=O)C2CCN(C3=NS(=O)(=O)c4ccccc43)CC2)C1.Cl. The molecule has 0 radical (unpaired) electrons. The van der Waals surface area contributed by atoms with Crippen molar-refractivity contribution in [1.82, 2.24) is 15.1 Å². The highest BCUT2D eigenvalue weighted by atomic mass is 35.5. The zero-order chi connectivity index (χ0) is 19.0. The smallest absolute Gasteiger partial charge is 0.285 e. The average Bonchev–Trinajstić information content (AvgIpc) is 3.25. The van der Waals surface area contributed by atoms with Gasteiger partial charge in [0.05, 0.1) is 0 Å². The summed E-state index contributed by atoms with van der Waals surface area (Å²) in [7, 11) is -1.64. The molecule has 1 aromatic carbocycles. The van der Waals surface area contributed by atoms with E-state index in [1.54, 1.807) is 12.1 Å². The summed E-state index contributed by atoms with van der Waals surface area (Å²) < 4.78 is 28.5. The van der Waals surface area contributed by atoms with Gasteiger partial charge in [0.15, 0.2) is 5.84 Å². The molecular formula is C19H27ClN4O3S. The molecule has 1 unspecified atom stereocenters. The summed E-state index contributed by atoms with van der Waals surface area (Å²) >= 11 is 0. The van der Waals surface area contributed by atoms with Crippen molar-refractivity contribution < 1.29 is 13.2 Å². The van der Waals surface area contributed by atoms with Crippen LogP contribution < -0.4 is 5.32 Å². The first-order valence-electron chi connectivity index (χ1n) is 9.62. The molecule has 1 atom stereocenters. The van der Waals surface area contributed by atoms with Crippen LogP contribution in [0.1, 0.15) is 24.8 Å². The van der Waals surface area contributed by atoms with Crippen LogP contribution in [-0.4, -0.2) is 69.7 Å². The molecule has 0 aromatic heterocycles. The maximum atomic E-state index is 12.8. The van der Waals surface area contributed by atoms with Crippen molar-refractivity contribution in [2.45, 2.75) is 24.2 Å². The van der Waals surface area contributed by atoms with Crippen molar-refractivity contribution in [3.63, 3.8) is 0 Å². The molecule has 0 saturated carbocycles. The monoisotopic (exact) mass is 426 g/mol. The van der Waals surface area contributed by atoms with Crippen LogP contribution in [0.2, 0.25) is 0 Å². The Morgan fingerprint density at radius 1 is 1.18 bits per heavy atom. The van der Waals surface area contributed by atoms with Crippen molar-refractivity contribution in [2.24, 2.45) is 16.2 Å². The van der Waals surface area contributed by atoms with Gasteiger partial charge in [-0.25, -0.2) is 0 Å². The fraction of sp³-hybridized carbons (Fsp3) is 0.579. The summed E-state index contributed by atoms with van der Waals surface area (Å²) in [6.07, 6.45) is 2.55. The van der Waals surface area contributed by atoms with E-state index in [1.807, 2.05) is 29.0 Å². The maximum absolute atomic E-state index is 12.8. The van der Waals surface area contributed by atoms with Crippen molar-refractivity contribution in [3.8, 4) is 0 Å². The minimum Gasteiger partial charge on any atom is -0.355 e. The van der Waals surface area contributed by atoms with Crippen LogP contribution in [-0.2, 0) is 14.8 Å². The first-order valence-corrected chi connectivity index (χ1v) is 11.1. The van der Waals surface area contributed by atoms with Gasteiger partial charge in [-0.05, 0) is 50.9 Å². The van der Waals surface area contributed by atoms with Gasteiger partial charge >= 0.3 is 0 Å². The Bertz CT molecular complexity index is 866. The molecule has 3 heterocycles. The van der Waals surface area contributed by atoms with E-state index in [1.165, 1.54) is 0 Å². The summed E-state index contributed by atoms with van der Waals surface area (Å²) in [5, 5.41) is 3.19. The molecule has 3 aliphatic heterocycles. The standard InChI is InChI=1S/C19H26N4O3S.ClH/c1-20-12-14-6-9-23(13-14)19(24)15-7-10-22(11-8-15)18-16-4-2-3-5-17(16)27(25,26)21-18;/h2-5,14-15,20H,6-13H2,1H3;1H. The topological polar surface area (TPSA) is 82.1 Å². The van der Waals surface area contributed by atoms with E-state index in [0.29, 0.717) is 30.4 Å². The van der Waals surface area contributed by atoms with E-state index in [-0.39, 0.29) is 29.1 Å². The number of hydrogen-bond acceptors (Lipinski definition) is 5. The normalized spacial score (nSPS) is 23.9. The molecule has 0 bridgehead atoms. The van der Waals surface area contributed by atoms with Crippen molar-refractivity contribution >= 4 is 34.2 Å². The highest BCUT2D eigenvalue weighted by molar-refractivity contribution is 7.90. The number of fused-ring (bicyclic) bond motifs is 1. The molecule has 1 aromatic rings. The highest BCUT2D eigenvalue weighted by Gasteiger charge is 2.36. The first kappa shape index (κ1) is 21.1. The van der Waals surface area contributed by atoms with Crippen LogP contribution in [0.15, 0.2) is 33.6 Å². The lowest BCUT2D eigenvalue weighted by atomic mass is 9.94. The van der Waals surface area contributed by atoms with E-state index in [9.17, 15) is 13.2 Å². The Kier molecular flexibility index (Phi) is 6.31. The van der Waals surface area contributed by atoms with Gasteiger partial charge in [0, 0.05) is 37.7 Å². The third-order valence-electron chi connectivity index (χ3n) is 5.85. The van der Waals surface area contributed by atoms with Crippen molar-refractivity contribution in [3.05, 3.63) is 29.8 Å². The van der Waals surface area contributed by atoms with Crippen LogP contribution in [0.4, 0.5) is 0 Å². The fourth-order valence-electron chi connectivity index (χ4n) is 4.40. The molecule has 1 N–H and O–H groups in total. The number of amides is 1. The predicted octanol–water partition coefficient (Wildman–Crippen LogP) is 1.34. The van der Waals surface area contributed by atoms with Gasteiger partial charge in [-0.3, -0.25) is 4.79 Å². The average molecular weight is 427 g/mol.